The van der Waals surface area contributed by atoms with Crippen LogP contribution in [0.1, 0.15) is 51.8 Å². The predicted molar refractivity (Wildman–Crippen MR) is 133 cm³/mol. The molecule has 0 radical (unpaired) electrons. The smallest absolute Gasteiger partial charge is 0.408 e. The number of benzene rings is 2. The maximum absolute atomic E-state index is 13.7. The van der Waals surface area contributed by atoms with Crippen LogP contribution in [0.4, 0.5) is 4.79 Å². The highest BCUT2D eigenvalue weighted by Gasteiger charge is 2.36. The molecule has 2 atom stereocenters. The molecule has 0 saturated carbocycles. The van der Waals surface area contributed by atoms with Gasteiger partial charge in [0, 0.05) is 18.5 Å². The normalized spacial score (nSPS) is 12.7. The van der Waals surface area contributed by atoms with E-state index in [1.807, 2.05) is 30.3 Å². The number of terminal acetylenes is 1. The number of ether oxygens (including phenoxy) is 1. The molecule has 3 amide bonds. The first-order chi connectivity index (χ1) is 16.4. The van der Waals surface area contributed by atoms with Crippen LogP contribution in [0.15, 0.2) is 54.6 Å². The number of phenols is 1. The van der Waals surface area contributed by atoms with Crippen molar-refractivity contribution in [3.05, 3.63) is 65.7 Å². The quantitative estimate of drug-likeness (QED) is 0.397. The first-order valence-corrected chi connectivity index (χ1v) is 11.3. The monoisotopic (exact) mass is 479 g/mol. The zero-order valence-corrected chi connectivity index (χ0v) is 20.7. The van der Waals surface area contributed by atoms with Crippen LogP contribution in [0, 0.1) is 12.5 Å². The molecule has 186 valence electrons. The number of rotatable bonds is 8. The number of nitrogens with one attached hydrogen (secondary N) is 2. The zero-order chi connectivity index (χ0) is 26.2. The van der Waals surface area contributed by atoms with Crippen LogP contribution >= 0.6 is 0 Å². The third kappa shape index (κ3) is 8.38. The Kier molecular flexibility index (Phi) is 9.29. The highest BCUT2D eigenvalue weighted by molar-refractivity contribution is 5.93. The van der Waals surface area contributed by atoms with Crippen molar-refractivity contribution in [1.29, 1.82) is 0 Å². The van der Waals surface area contributed by atoms with Gasteiger partial charge in [-0.2, -0.15) is 0 Å². The first kappa shape index (κ1) is 27.3. The summed E-state index contributed by atoms with van der Waals surface area (Å²) < 4.78 is 5.35. The zero-order valence-electron chi connectivity index (χ0n) is 20.7. The summed E-state index contributed by atoms with van der Waals surface area (Å²) in [6.45, 7) is 8.69. The van der Waals surface area contributed by atoms with Gasteiger partial charge >= 0.3 is 6.09 Å². The van der Waals surface area contributed by atoms with Crippen LogP contribution < -0.4 is 10.6 Å². The molecule has 0 aliphatic carbocycles. The van der Waals surface area contributed by atoms with Gasteiger partial charge < -0.3 is 20.5 Å². The van der Waals surface area contributed by atoms with E-state index in [1.165, 1.54) is 12.1 Å². The minimum Gasteiger partial charge on any atom is -0.508 e. The molecule has 0 spiro atoms. The van der Waals surface area contributed by atoms with Crippen molar-refractivity contribution in [2.45, 2.75) is 64.8 Å². The number of carbonyl (C=O) groups excluding carboxylic acids is 3. The fourth-order valence-electron chi connectivity index (χ4n) is 3.41. The molecule has 8 heteroatoms. The summed E-state index contributed by atoms with van der Waals surface area (Å²) in [7, 11) is 0. The van der Waals surface area contributed by atoms with Crippen LogP contribution in [0.5, 0.6) is 5.75 Å². The molecule has 2 aromatic carbocycles. The molecule has 0 fully saturated rings. The Morgan fingerprint density at radius 1 is 1.06 bits per heavy atom. The minimum absolute atomic E-state index is 0.0815. The van der Waals surface area contributed by atoms with Crippen LogP contribution in [-0.2, 0) is 20.7 Å². The van der Waals surface area contributed by atoms with Gasteiger partial charge in [0.05, 0.1) is 0 Å². The van der Waals surface area contributed by atoms with Crippen molar-refractivity contribution in [3.63, 3.8) is 0 Å². The second-order valence-corrected chi connectivity index (χ2v) is 9.39. The summed E-state index contributed by atoms with van der Waals surface area (Å²) >= 11 is 0. The largest absolute Gasteiger partial charge is 0.508 e. The number of amides is 3. The lowest BCUT2D eigenvalue weighted by Gasteiger charge is -2.31. The summed E-state index contributed by atoms with van der Waals surface area (Å²) in [5.74, 6) is -1.27. The Labute approximate surface area is 206 Å². The van der Waals surface area contributed by atoms with E-state index in [0.29, 0.717) is 5.56 Å². The van der Waals surface area contributed by atoms with Gasteiger partial charge in [-0.3, -0.25) is 14.5 Å². The van der Waals surface area contributed by atoms with E-state index in [9.17, 15) is 19.5 Å². The fourth-order valence-corrected chi connectivity index (χ4v) is 3.41. The highest BCUT2D eigenvalue weighted by Crippen LogP contribution is 2.25. The molecular formula is C27H33N3O5. The fraction of sp³-hybridized carbons (Fsp3) is 0.370. The van der Waals surface area contributed by atoms with Crippen molar-refractivity contribution in [3.8, 4) is 18.2 Å². The van der Waals surface area contributed by atoms with E-state index in [4.69, 9.17) is 11.2 Å². The molecule has 0 aromatic heterocycles. The maximum atomic E-state index is 13.7. The topological polar surface area (TPSA) is 108 Å². The second-order valence-electron chi connectivity index (χ2n) is 9.39. The molecule has 2 unspecified atom stereocenters. The van der Waals surface area contributed by atoms with Gasteiger partial charge in [0.1, 0.15) is 23.4 Å². The molecule has 35 heavy (non-hydrogen) atoms. The molecule has 0 aliphatic heterocycles. The lowest BCUT2D eigenvalue weighted by Crippen LogP contribution is -2.52. The van der Waals surface area contributed by atoms with Gasteiger partial charge in [0.2, 0.25) is 5.91 Å². The van der Waals surface area contributed by atoms with Crippen LogP contribution in [0.2, 0.25) is 0 Å². The van der Waals surface area contributed by atoms with Gasteiger partial charge in [-0.05, 0) is 57.9 Å². The summed E-state index contributed by atoms with van der Waals surface area (Å²) in [5, 5.41) is 15.4. The molecule has 0 bridgehead atoms. The molecule has 0 saturated heterocycles. The average Bonchev–Trinajstić information content (AvgIpc) is 2.75. The van der Waals surface area contributed by atoms with Gasteiger partial charge in [-0.25, -0.2) is 4.79 Å². The minimum atomic E-state index is -1.24. The molecule has 8 nitrogen and oxygen atoms in total. The van der Waals surface area contributed by atoms with Crippen molar-refractivity contribution in [2.75, 3.05) is 0 Å². The standard InChI is InChI=1S/C27H33N3O5/c1-7-30(23(24(32)28-18(2)3)20-14-11-15-21(31)17-20)25(33)22(16-19-12-9-8-10-13-19)29-26(34)35-27(4,5)6/h1,8-15,17-18,22-23,31H,16H2,2-6H3,(H,28,32)(H,29,34). The Balaban J connectivity index is 2.47. The third-order valence-corrected chi connectivity index (χ3v) is 4.77. The summed E-state index contributed by atoms with van der Waals surface area (Å²) in [6.07, 6.45) is 5.08. The Hall–Kier alpha value is -3.99. The van der Waals surface area contributed by atoms with E-state index in [1.54, 1.807) is 46.8 Å². The van der Waals surface area contributed by atoms with Crippen molar-refractivity contribution >= 4 is 17.9 Å². The van der Waals surface area contributed by atoms with E-state index < -0.39 is 35.6 Å². The number of carbonyl (C=O) groups is 3. The third-order valence-electron chi connectivity index (χ3n) is 4.77. The molecule has 0 aliphatic rings. The Morgan fingerprint density at radius 3 is 2.26 bits per heavy atom. The van der Waals surface area contributed by atoms with Crippen LogP contribution in [0.3, 0.4) is 0 Å². The molecule has 0 heterocycles. The first-order valence-electron chi connectivity index (χ1n) is 11.3. The highest BCUT2D eigenvalue weighted by atomic mass is 16.6. The average molecular weight is 480 g/mol. The van der Waals surface area contributed by atoms with E-state index in [2.05, 4.69) is 16.7 Å². The van der Waals surface area contributed by atoms with Crippen molar-refractivity contribution in [2.24, 2.45) is 0 Å². The number of alkyl carbamates (subject to hydrolysis) is 1. The Morgan fingerprint density at radius 2 is 1.71 bits per heavy atom. The number of hydrogen-bond donors (Lipinski definition) is 3. The summed E-state index contributed by atoms with van der Waals surface area (Å²) in [6, 6.07) is 14.8. The van der Waals surface area contributed by atoms with Crippen molar-refractivity contribution < 1.29 is 24.2 Å². The number of hydrogen-bond acceptors (Lipinski definition) is 5. The number of aromatic hydroxyl groups is 1. The number of nitrogens with zero attached hydrogens (tertiary/aromatic N) is 1. The van der Waals surface area contributed by atoms with E-state index in [0.717, 1.165) is 10.5 Å². The van der Waals surface area contributed by atoms with E-state index >= 15 is 0 Å². The van der Waals surface area contributed by atoms with Gasteiger partial charge in [0.15, 0.2) is 0 Å². The van der Waals surface area contributed by atoms with E-state index in [-0.39, 0.29) is 18.2 Å². The van der Waals surface area contributed by atoms with Crippen LogP contribution in [0.25, 0.3) is 0 Å². The molecular weight excluding hydrogens is 446 g/mol. The Bertz CT molecular complexity index is 1070. The molecule has 2 rings (SSSR count). The van der Waals surface area contributed by atoms with Gasteiger partial charge in [-0.15, -0.1) is 0 Å². The summed E-state index contributed by atoms with van der Waals surface area (Å²) in [5.41, 5.74) is 0.321. The summed E-state index contributed by atoms with van der Waals surface area (Å²) in [4.78, 5) is 40.4. The number of phenolic OH excluding ortho intramolecular Hbond substituents is 1. The lowest BCUT2D eigenvalue weighted by atomic mass is 10.0. The maximum Gasteiger partial charge on any atom is 0.408 e. The lowest BCUT2D eigenvalue weighted by molar-refractivity contribution is -0.138. The van der Waals surface area contributed by atoms with Gasteiger partial charge in [-0.1, -0.05) is 48.9 Å². The van der Waals surface area contributed by atoms with Crippen molar-refractivity contribution in [1.82, 2.24) is 15.5 Å². The van der Waals surface area contributed by atoms with Crippen LogP contribution in [-0.4, -0.2) is 45.6 Å². The molecule has 2 aromatic rings. The molecule has 3 N–H and O–H groups in total. The predicted octanol–water partition coefficient (Wildman–Crippen LogP) is 3.51. The SMILES string of the molecule is C#CN(C(=O)C(Cc1ccccc1)NC(=O)OC(C)(C)C)C(C(=O)NC(C)C)c1cccc(O)c1. The van der Waals surface area contributed by atoms with Gasteiger partial charge in [0.25, 0.3) is 5.91 Å². The second kappa shape index (κ2) is 11.9.